The maximum Gasteiger partial charge on any atom is 0.354 e. The third kappa shape index (κ3) is 1.95. The predicted molar refractivity (Wildman–Crippen MR) is 86.5 cm³/mol. The molecule has 3 aromatic rings. The van der Waals surface area contributed by atoms with Gasteiger partial charge in [0.25, 0.3) is 0 Å². The lowest BCUT2D eigenvalue weighted by Gasteiger charge is -2.12. The Labute approximate surface area is 132 Å². The molecule has 1 aromatic carbocycles. The van der Waals surface area contributed by atoms with Gasteiger partial charge in [0.15, 0.2) is 0 Å². The molecule has 0 fully saturated rings. The third-order valence-electron chi connectivity index (χ3n) is 4.16. The number of H-pyrrole nitrogens is 2. The summed E-state index contributed by atoms with van der Waals surface area (Å²) in [6, 6.07) is 7.76. The Morgan fingerprint density at radius 2 is 2.09 bits per heavy atom. The number of esters is 1. The first kappa shape index (κ1) is 13.5. The standard InChI is InChI=1S/C17H15ClN2O2/c1-2-22-17(21)14-7-9-3-5-11-12-8-10(18)4-6-13(12)19-16(11)15(9)20-14/h4,6-8,19-20H,2-3,5H2,1H3. The molecule has 0 amide bonds. The van der Waals surface area contributed by atoms with Gasteiger partial charge in [-0.05, 0) is 55.2 Å². The summed E-state index contributed by atoms with van der Waals surface area (Å²) in [5.74, 6) is -0.308. The minimum Gasteiger partial charge on any atom is -0.461 e. The van der Waals surface area contributed by atoms with E-state index in [1.165, 1.54) is 5.56 Å². The van der Waals surface area contributed by atoms with Gasteiger partial charge in [0.1, 0.15) is 5.69 Å². The molecular weight excluding hydrogens is 300 g/mol. The third-order valence-corrected chi connectivity index (χ3v) is 4.39. The van der Waals surface area contributed by atoms with Crippen molar-refractivity contribution < 1.29 is 9.53 Å². The number of halogens is 1. The highest BCUT2D eigenvalue weighted by molar-refractivity contribution is 6.31. The van der Waals surface area contributed by atoms with Crippen molar-refractivity contribution in [3.63, 3.8) is 0 Å². The van der Waals surface area contributed by atoms with Crippen LogP contribution in [0.15, 0.2) is 24.3 Å². The van der Waals surface area contributed by atoms with Crippen LogP contribution in [-0.2, 0) is 17.6 Å². The summed E-state index contributed by atoms with van der Waals surface area (Å²) in [6.45, 7) is 2.18. The number of benzene rings is 1. The van der Waals surface area contributed by atoms with Crippen LogP contribution < -0.4 is 0 Å². The van der Waals surface area contributed by atoms with Gasteiger partial charge in [0.2, 0.25) is 0 Å². The molecule has 0 radical (unpaired) electrons. The van der Waals surface area contributed by atoms with Gasteiger partial charge in [-0.25, -0.2) is 4.79 Å². The van der Waals surface area contributed by atoms with Crippen molar-refractivity contribution in [2.45, 2.75) is 19.8 Å². The fraction of sp³-hybridized carbons (Fsp3) is 0.235. The van der Waals surface area contributed by atoms with Crippen molar-refractivity contribution in [1.29, 1.82) is 0 Å². The van der Waals surface area contributed by atoms with Crippen LogP contribution in [-0.4, -0.2) is 22.5 Å². The highest BCUT2D eigenvalue weighted by atomic mass is 35.5. The molecular formula is C17H15ClN2O2. The van der Waals surface area contributed by atoms with E-state index in [4.69, 9.17) is 16.3 Å². The largest absolute Gasteiger partial charge is 0.461 e. The molecule has 1 aliphatic rings. The molecule has 0 saturated heterocycles. The van der Waals surface area contributed by atoms with E-state index in [0.717, 1.165) is 45.7 Å². The minimum atomic E-state index is -0.308. The van der Waals surface area contributed by atoms with Gasteiger partial charge >= 0.3 is 5.97 Å². The van der Waals surface area contributed by atoms with E-state index in [1.54, 1.807) is 6.92 Å². The van der Waals surface area contributed by atoms with Crippen LogP contribution in [0.25, 0.3) is 22.3 Å². The summed E-state index contributed by atoms with van der Waals surface area (Å²) in [6.07, 6.45) is 1.83. The number of hydrogen-bond acceptors (Lipinski definition) is 2. The Bertz CT molecular complexity index is 892. The molecule has 0 aliphatic heterocycles. The van der Waals surface area contributed by atoms with Crippen LogP contribution in [0.5, 0.6) is 0 Å². The van der Waals surface area contributed by atoms with Crippen LogP contribution in [0.1, 0.15) is 28.5 Å². The number of aromatic nitrogens is 2. The molecule has 1 aliphatic carbocycles. The number of hydrogen-bond donors (Lipinski definition) is 2. The molecule has 0 spiro atoms. The van der Waals surface area contributed by atoms with Gasteiger partial charge in [-0.15, -0.1) is 0 Å². The van der Waals surface area contributed by atoms with Crippen molar-refractivity contribution in [3.05, 3.63) is 46.1 Å². The van der Waals surface area contributed by atoms with Crippen molar-refractivity contribution in [2.24, 2.45) is 0 Å². The van der Waals surface area contributed by atoms with E-state index in [2.05, 4.69) is 9.97 Å². The second-order valence-electron chi connectivity index (χ2n) is 5.47. The summed E-state index contributed by atoms with van der Waals surface area (Å²) in [4.78, 5) is 18.6. The average Bonchev–Trinajstić information content (AvgIpc) is 3.08. The number of aromatic amines is 2. The molecule has 4 rings (SSSR count). The van der Waals surface area contributed by atoms with Crippen LogP contribution in [0.2, 0.25) is 5.02 Å². The Kier molecular flexibility index (Phi) is 3.01. The summed E-state index contributed by atoms with van der Waals surface area (Å²) >= 11 is 6.12. The molecule has 4 nitrogen and oxygen atoms in total. The first-order valence-electron chi connectivity index (χ1n) is 7.37. The molecule has 0 unspecified atom stereocenters. The highest BCUT2D eigenvalue weighted by Gasteiger charge is 2.24. The number of rotatable bonds is 2. The zero-order chi connectivity index (χ0) is 15.3. The van der Waals surface area contributed by atoms with E-state index in [9.17, 15) is 4.79 Å². The zero-order valence-electron chi connectivity index (χ0n) is 12.1. The maximum atomic E-state index is 11.9. The predicted octanol–water partition coefficient (Wildman–Crippen LogP) is 4.09. The molecule has 2 heterocycles. The Balaban J connectivity index is 1.87. The lowest BCUT2D eigenvalue weighted by atomic mass is 9.94. The van der Waals surface area contributed by atoms with E-state index >= 15 is 0 Å². The summed E-state index contributed by atoms with van der Waals surface area (Å²) in [5.41, 5.74) is 6.01. The quantitative estimate of drug-likeness (QED) is 0.700. The fourth-order valence-electron chi connectivity index (χ4n) is 3.19. The summed E-state index contributed by atoms with van der Waals surface area (Å²) in [7, 11) is 0. The molecule has 0 bridgehead atoms. The zero-order valence-corrected chi connectivity index (χ0v) is 12.9. The molecule has 0 saturated carbocycles. The number of carbonyl (C=O) groups excluding carboxylic acids is 1. The van der Waals surface area contributed by atoms with E-state index in [-0.39, 0.29) is 5.97 Å². The second-order valence-corrected chi connectivity index (χ2v) is 5.91. The van der Waals surface area contributed by atoms with Crippen molar-refractivity contribution in [2.75, 3.05) is 6.61 Å². The number of ether oxygens (including phenoxy) is 1. The van der Waals surface area contributed by atoms with E-state index in [0.29, 0.717) is 12.3 Å². The van der Waals surface area contributed by atoms with Gasteiger partial charge in [0, 0.05) is 15.9 Å². The topological polar surface area (TPSA) is 57.9 Å². The van der Waals surface area contributed by atoms with Crippen LogP contribution in [0.3, 0.4) is 0 Å². The lowest BCUT2D eigenvalue weighted by molar-refractivity contribution is 0.0520. The van der Waals surface area contributed by atoms with Crippen LogP contribution in [0.4, 0.5) is 0 Å². The van der Waals surface area contributed by atoms with Crippen molar-refractivity contribution in [3.8, 4) is 11.4 Å². The first-order chi connectivity index (χ1) is 10.7. The van der Waals surface area contributed by atoms with Gasteiger partial charge in [-0.1, -0.05) is 11.6 Å². The molecule has 112 valence electrons. The SMILES string of the molecule is CCOC(=O)c1cc2c([nH]1)-c1[nH]c3ccc(Cl)cc3c1CC2. The highest BCUT2D eigenvalue weighted by Crippen LogP contribution is 2.38. The normalized spacial score (nSPS) is 13.0. The Morgan fingerprint density at radius 1 is 1.23 bits per heavy atom. The van der Waals surface area contributed by atoms with E-state index < -0.39 is 0 Å². The molecule has 2 aromatic heterocycles. The van der Waals surface area contributed by atoms with Crippen LogP contribution in [0, 0.1) is 0 Å². The van der Waals surface area contributed by atoms with Gasteiger partial charge in [0.05, 0.1) is 18.0 Å². The van der Waals surface area contributed by atoms with Gasteiger partial charge < -0.3 is 14.7 Å². The lowest BCUT2D eigenvalue weighted by Crippen LogP contribution is -2.04. The van der Waals surface area contributed by atoms with Crippen molar-refractivity contribution in [1.82, 2.24) is 9.97 Å². The fourth-order valence-corrected chi connectivity index (χ4v) is 3.36. The Morgan fingerprint density at radius 3 is 2.91 bits per heavy atom. The molecule has 5 heteroatoms. The number of fused-ring (bicyclic) bond motifs is 5. The summed E-state index contributed by atoms with van der Waals surface area (Å²) < 4.78 is 5.07. The smallest absolute Gasteiger partial charge is 0.354 e. The molecule has 2 N–H and O–H groups in total. The first-order valence-corrected chi connectivity index (χ1v) is 7.74. The van der Waals surface area contributed by atoms with Crippen molar-refractivity contribution >= 4 is 28.5 Å². The number of nitrogens with one attached hydrogen (secondary N) is 2. The number of aryl methyl sites for hydroxylation is 2. The maximum absolute atomic E-state index is 11.9. The van der Waals surface area contributed by atoms with Gasteiger partial charge in [-0.3, -0.25) is 0 Å². The van der Waals surface area contributed by atoms with E-state index in [1.807, 2.05) is 24.3 Å². The minimum absolute atomic E-state index is 0.308. The average molecular weight is 315 g/mol. The Hall–Kier alpha value is -2.20. The van der Waals surface area contributed by atoms with Gasteiger partial charge in [-0.2, -0.15) is 0 Å². The molecule has 0 atom stereocenters. The molecule has 22 heavy (non-hydrogen) atoms. The van der Waals surface area contributed by atoms with Crippen LogP contribution >= 0.6 is 11.6 Å². The second kappa shape index (κ2) is 4.92. The number of carbonyl (C=O) groups is 1. The monoisotopic (exact) mass is 314 g/mol. The summed E-state index contributed by atoms with van der Waals surface area (Å²) in [5, 5.41) is 1.89.